The first-order valence-corrected chi connectivity index (χ1v) is 10.2. The van der Waals surface area contributed by atoms with Gasteiger partial charge >= 0.3 is 11.9 Å². The van der Waals surface area contributed by atoms with Crippen LogP contribution in [-0.2, 0) is 23.2 Å². The maximum Gasteiger partial charge on any atom is 0.414 e. The van der Waals surface area contributed by atoms with Gasteiger partial charge in [-0.15, -0.1) is 0 Å². The van der Waals surface area contributed by atoms with Crippen LogP contribution in [0.2, 0.25) is 0 Å². The molecule has 0 aliphatic carbocycles. The van der Waals surface area contributed by atoms with Crippen LogP contribution in [0.15, 0.2) is 36.5 Å². The van der Waals surface area contributed by atoms with Gasteiger partial charge in [0.1, 0.15) is 0 Å². The van der Waals surface area contributed by atoms with Crippen LogP contribution in [0.5, 0.6) is 17.2 Å². The fourth-order valence-corrected chi connectivity index (χ4v) is 3.22. The van der Waals surface area contributed by atoms with E-state index in [0.717, 1.165) is 22.8 Å². The third kappa shape index (κ3) is 5.97. The highest BCUT2D eigenvalue weighted by molar-refractivity contribution is 6.27. The van der Waals surface area contributed by atoms with Gasteiger partial charge in [-0.2, -0.15) is 0 Å². The van der Waals surface area contributed by atoms with Crippen LogP contribution in [0.1, 0.15) is 16.7 Å². The summed E-state index contributed by atoms with van der Waals surface area (Å²) in [5, 5.41) is 18.2. The van der Waals surface area contributed by atoms with Gasteiger partial charge in [0.15, 0.2) is 11.5 Å². The van der Waals surface area contributed by atoms with E-state index in [-0.39, 0.29) is 0 Å². The largest absolute Gasteiger partial charge is 0.493 e. The topological polar surface area (TPSA) is 132 Å². The second-order valence-electron chi connectivity index (χ2n) is 7.28. The second-order valence-corrected chi connectivity index (χ2v) is 7.28. The molecule has 0 spiro atoms. The lowest BCUT2D eigenvalue weighted by atomic mass is 10.0. The van der Waals surface area contributed by atoms with Gasteiger partial charge in [-0.3, -0.25) is 0 Å². The number of nitrogens with zero attached hydrogens (tertiary/aromatic N) is 2. The quantitative estimate of drug-likeness (QED) is 0.443. The maximum atomic E-state index is 9.10. The van der Waals surface area contributed by atoms with Crippen molar-refractivity contribution < 1.29 is 34.0 Å². The Morgan fingerprint density at radius 1 is 0.941 bits per heavy atom. The van der Waals surface area contributed by atoms with Gasteiger partial charge in [-0.05, 0) is 43.2 Å². The number of rotatable bonds is 7. The van der Waals surface area contributed by atoms with Gasteiger partial charge in [0.25, 0.3) is 0 Å². The standard InChI is InChI=1S/C22H27N3O3.C2H2O4/c1-14-7-8-16(11-15(14)2)18-13-24-22(25(18)3)23-12-17-9-10-19(26-4)21(28-6)20(17)27-5;3-1(4)2(5)6/h7-11,13H,12H2,1-6H3,(H,23,24);(H,3,4)(H,5,6). The first kappa shape index (κ1) is 26.0. The number of imidazole rings is 1. The lowest BCUT2D eigenvalue weighted by molar-refractivity contribution is -0.159. The van der Waals surface area contributed by atoms with Gasteiger partial charge < -0.3 is 34.3 Å². The highest BCUT2D eigenvalue weighted by Gasteiger charge is 2.16. The van der Waals surface area contributed by atoms with Crippen LogP contribution in [0.3, 0.4) is 0 Å². The Bertz CT molecular complexity index is 1160. The summed E-state index contributed by atoms with van der Waals surface area (Å²) in [5.41, 5.74) is 5.71. The number of aliphatic carboxylic acids is 2. The molecule has 0 aliphatic heterocycles. The molecule has 0 fully saturated rings. The number of ether oxygens (including phenoxy) is 3. The predicted molar refractivity (Wildman–Crippen MR) is 127 cm³/mol. The van der Waals surface area contributed by atoms with E-state index in [2.05, 4.69) is 46.9 Å². The number of aryl methyl sites for hydroxylation is 2. The van der Waals surface area contributed by atoms with E-state index in [1.165, 1.54) is 11.1 Å². The third-order valence-corrected chi connectivity index (χ3v) is 5.20. The molecule has 3 rings (SSSR count). The molecule has 182 valence electrons. The van der Waals surface area contributed by atoms with Crippen molar-refractivity contribution >= 4 is 17.9 Å². The first-order chi connectivity index (χ1) is 16.1. The van der Waals surface area contributed by atoms with Crippen molar-refractivity contribution in [2.24, 2.45) is 7.05 Å². The van der Waals surface area contributed by atoms with Gasteiger partial charge in [-0.1, -0.05) is 12.1 Å². The van der Waals surface area contributed by atoms with Crippen LogP contribution in [0.25, 0.3) is 11.3 Å². The Morgan fingerprint density at radius 2 is 1.59 bits per heavy atom. The molecule has 2 aromatic carbocycles. The van der Waals surface area contributed by atoms with E-state index < -0.39 is 11.9 Å². The van der Waals surface area contributed by atoms with Crippen molar-refractivity contribution in [3.63, 3.8) is 0 Å². The minimum absolute atomic E-state index is 0.542. The molecular formula is C24H29N3O7. The molecule has 0 amide bonds. The van der Waals surface area contributed by atoms with Crippen LogP contribution >= 0.6 is 0 Å². The fourth-order valence-electron chi connectivity index (χ4n) is 3.22. The van der Waals surface area contributed by atoms with Gasteiger partial charge in [0, 0.05) is 24.7 Å². The molecule has 1 aromatic heterocycles. The van der Waals surface area contributed by atoms with Gasteiger partial charge in [0.2, 0.25) is 11.7 Å². The van der Waals surface area contributed by atoms with Crippen LogP contribution in [-0.4, -0.2) is 53.0 Å². The summed E-state index contributed by atoms with van der Waals surface area (Å²) >= 11 is 0. The van der Waals surface area contributed by atoms with E-state index in [4.69, 9.17) is 34.0 Å². The van der Waals surface area contributed by atoms with E-state index in [9.17, 15) is 0 Å². The molecule has 1 heterocycles. The van der Waals surface area contributed by atoms with Crippen molar-refractivity contribution in [2.75, 3.05) is 26.6 Å². The zero-order chi connectivity index (χ0) is 25.4. The molecule has 0 saturated heterocycles. The number of hydrogen-bond acceptors (Lipinski definition) is 7. The monoisotopic (exact) mass is 471 g/mol. The number of carbonyl (C=O) groups is 2. The average molecular weight is 472 g/mol. The normalized spacial score (nSPS) is 10.1. The fraction of sp³-hybridized carbons (Fsp3) is 0.292. The number of aromatic nitrogens is 2. The Kier molecular flexibility index (Phi) is 8.88. The van der Waals surface area contributed by atoms with Crippen molar-refractivity contribution in [3.8, 4) is 28.5 Å². The summed E-state index contributed by atoms with van der Waals surface area (Å²) in [6.45, 7) is 4.78. The molecular weight excluding hydrogens is 442 g/mol. The maximum absolute atomic E-state index is 9.10. The highest BCUT2D eigenvalue weighted by Crippen LogP contribution is 2.40. The third-order valence-electron chi connectivity index (χ3n) is 5.20. The van der Waals surface area contributed by atoms with E-state index in [1.54, 1.807) is 21.3 Å². The van der Waals surface area contributed by atoms with Crippen molar-refractivity contribution in [1.82, 2.24) is 9.55 Å². The minimum Gasteiger partial charge on any atom is -0.493 e. The lowest BCUT2D eigenvalue weighted by Crippen LogP contribution is -2.09. The molecule has 3 aromatic rings. The van der Waals surface area contributed by atoms with E-state index in [1.807, 2.05) is 25.4 Å². The molecule has 0 saturated carbocycles. The van der Waals surface area contributed by atoms with Crippen molar-refractivity contribution in [2.45, 2.75) is 20.4 Å². The number of carboxylic acids is 2. The molecule has 0 radical (unpaired) electrons. The minimum atomic E-state index is -1.82. The number of hydrogen-bond donors (Lipinski definition) is 3. The van der Waals surface area contributed by atoms with Gasteiger partial charge in [-0.25, -0.2) is 14.6 Å². The smallest absolute Gasteiger partial charge is 0.414 e. The average Bonchev–Trinajstić information content (AvgIpc) is 3.19. The number of benzene rings is 2. The first-order valence-electron chi connectivity index (χ1n) is 10.2. The highest BCUT2D eigenvalue weighted by atomic mass is 16.5. The van der Waals surface area contributed by atoms with Crippen LogP contribution < -0.4 is 19.5 Å². The number of methoxy groups -OCH3 is 3. The Labute approximate surface area is 197 Å². The van der Waals surface area contributed by atoms with Crippen LogP contribution in [0, 0.1) is 13.8 Å². The van der Waals surface area contributed by atoms with Crippen molar-refractivity contribution in [3.05, 3.63) is 53.2 Å². The number of anilines is 1. The summed E-state index contributed by atoms with van der Waals surface area (Å²) in [7, 11) is 6.84. The second kappa shape index (κ2) is 11.6. The molecule has 0 aliphatic rings. The molecule has 10 nitrogen and oxygen atoms in total. The Morgan fingerprint density at radius 3 is 2.12 bits per heavy atom. The summed E-state index contributed by atoms with van der Waals surface area (Å²) in [6, 6.07) is 10.3. The van der Waals surface area contributed by atoms with E-state index >= 15 is 0 Å². The van der Waals surface area contributed by atoms with Crippen LogP contribution in [0.4, 0.5) is 5.95 Å². The Hall–Kier alpha value is -4.21. The predicted octanol–water partition coefficient (Wildman–Crippen LogP) is 3.50. The number of nitrogens with one attached hydrogen (secondary N) is 1. The van der Waals surface area contributed by atoms with Crippen molar-refractivity contribution in [1.29, 1.82) is 0 Å². The summed E-state index contributed by atoms with van der Waals surface area (Å²) in [5.74, 6) is -0.995. The van der Waals surface area contributed by atoms with E-state index in [0.29, 0.717) is 23.8 Å². The summed E-state index contributed by atoms with van der Waals surface area (Å²) < 4.78 is 18.4. The zero-order valence-electron chi connectivity index (χ0n) is 20.0. The molecule has 34 heavy (non-hydrogen) atoms. The molecule has 3 N–H and O–H groups in total. The van der Waals surface area contributed by atoms with Gasteiger partial charge in [0.05, 0.1) is 33.2 Å². The number of carboxylic acid groups (broad SMARTS) is 2. The molecule has 0 atom stereocenters. The molecule has 10 heteroatoms. The Balaban J connectivity index is 0.000000604. The lowest BCUT2D eigenvalue weighted by Gasteiger charge is -2.16. The molecule has 0 bridgehead atoms. The zero-order valence-corrected chi connectivity index (χ0v) is 20.0. The summed E-state index contributed by atoms with van der Waals surface area (Å²) in [6.07, 6.45) is 1.89. The summed E-state index contributed by atoms with van der Waals surface area (Å²) in [4.78, 5) is 22.7. The SMILES string of the molecule is COc1ccc(CNc2ncc(-c3ccc(C)c(C)c3)n2C)c(OC)c1OC.O=C(O)C(=O)O. The molecule has 0 unspecified atom stereocenters.